The van der Waals surface area contributed by atoms with Crippen molar-refractivity contribution >= 4 is 23.4 Å². The maximum atomic E-state index is 12.4. The summed E-state index contributed by atoms with van der Waals surface area (Å²) in [7, 11) is 0. The van der Waals surface area contributed by atoms with E-state index in [1.807, 2.05) is 30.5 Å². The smallest absolute Gasteiger partial charge is 0.278 e. The lowest BCUT2D eigenvalue weighted by molar-refractivity contribution is 0.101. The van der Waals surface area contributed by atoms with Gasteiger partial charge in [-0.3, -0.25) is 4.79 Å². The van der Waals surface area contributed by atoms with E-state index in [0.29, 0.717) is 11.6 Å². The zero-order valence-corrected chi connectivity index (χ0v) is 13.0. The molecule has 3 rings (SSSR count). The van der Waals surface area contributed by atoms with Crippen LogP contribution in [0, 0.1) is 5.92 Å². The summed E-state index contributed by atoms with van der Waals surface area (Å²) in [6, 6.07) is 7.78. The third-order valence-electron chi connectivity index (χ3n) is 3.83. The maximum absolute atomic E-state index is 12.4. The topological polar surface area (TPSA) is 55.1 Å². The zero-order chi connectivity index (χ0) is 14.8. The molecule has 1 aliphatic carbocycles. The lowest BCUT2D eigenvalue weighted by Gasteiger charge is -2.16. The van der Waals surface area contributed by atoms with Gasteiger partial charge in [0.2, 0.25) is 0 Å². The van der Waals surface area contributed by atoms with E-state index in [-0.39, 0.29) is 5.91 Å². The van der Waals surface area contributed by atoms with E-state index in [9.17, 15) is 4.79 Å². The molecule has 0 spiro atoms. The van der Waals surface area contributed by atoms with Gasteiger partial charge < -0.3 is 9.84 Å². The first-order valence-electron chi connectivity index (χ1n) is 7.10. The first-order valence-corrected chi connectivity index (χ1v) is 8.32. The van der Waals surface area contributed by atoms with Crippen molar-refractivity contribution in [3.63, 3.8) is 0 Å². The van der Waals surface area contributed by atoms with Crippen molar-refractivity contribution in [3.05, 3.63) is 41.3 Å². The highest BCUT2D eigenvalue weighted by molar-refractivity contribution is 7.98. The Morgan fingerprint density at radius 1 is 1.48 bits per heavy atom. The Morgan fingerprint density at radius 2 is 2.33 bits per heavy atom. The molecule has 1 aromatic carbocycles. The number of nitrogens with one attached hydrogen (secondary N) is 1. The second kappa shape index (κ2) is 5.93. The number of carbonyl (C=O) groups excluding carboxylic acids is 1. The van der Waals surface area contributed by atoms with Crippen LogP contribution < -0.4 is 5.32 Å². The summed E-state index contributed by atoms with van der Waals surface area (Å²) >= 11 is 1.65. The predicted molar refractivity (Wildman–Crippen MR) is 83.9 cm³/mol. The van der Waals surface area contributed by atoms with E-state index in [0.717, 1.165) is 41.2 Å². The Hall–Kier alpha value is -1.75. The Labute approximate surface area is 128 Å². The summed E-state index contributed by atoms with van der Waals surface area (Å²) in [6.07, 6.45) is 4.85. The van der Waals surface area contributed by atoms with Crippen molar-refractivity contribution in [1.82, 2.24) is 5.16 Å². The molecule has 1 atom stereocenters. The van der Waals surface area contributed by atoms with Crippen molar-refractivity contribution in [2.24, 2.45) is 5.92 Å². The third kappa shape index (κ3) is 2.97. The summed E-state index contributed by atoms with van der Waals surface area (Å²) in [4.78, 5) is 13.5. The number of anilines is 1. The van der Waals surface area contributed by atoms with Crippen molar-refractivity contribution in [3.8, 4) is 0 Å². The number of thioether (sulfide) groups is 1. The number of aryl methyl sites for hydroxylation is 1. The van der Waals surface area contributed by atoms with Gasteiger partial charge in [0.15, 0.2) is 5.69 Å². The summed E-state index contributed by atoms with van der Waals surface area (Å²) < 4.78 is 5.32. The van der Waals surface area contributed by atoms with Crippen molar-refractivity contribution in [2.45, 2.75) is 31.1 Å². The number of fused-ring (bicyclic) bond motifs is 1. The highest BCUT2D eigenvalue weighted by Crippen LogP contribution is 2.28. The first-order chi connectivity index (χ1) is 10.2. The van der Waals surface area contributed by atoms with Crippen LogP contribution in [0.5, 0.6) is 0 Å². The summed E-state index contributed by atoms with van der Waals surface area (Å²) in [5, 5.41) is 6.89. The average Bonchev–Trinajstić information content (AvgIpc) is 2.90. The molecule has 21 heavy (non-hydrogen) atoms. The number of amides is 1. The van der Waals surface area contributed by atoms with Gasteiger partial charge in [-0.25, -0.2) is 0 Å². The molecule has 0 unspecified atom stereocenters. The van der Waals surface area contributed by atoms with Gasteiger partial charge in [-0.1, -0.05) is 18.1 Å². The van der Waals surface area contributed by atoms with Crippen molar-refractivity contribution in [2.75, 3.05) is 11.6 Å². The molecule has 1 heterocycles. The average molecular weight is 302 g/mol. The van der Waals surface area contributed by atoms with Crippen LogP contribution in [0.1, 0.15) is 35.2 Å². The number of nitrogens with zero attached hydrogens (tertiary/aromatic N) is 1. The van der Waals surface area contributed by atoms with Crippen LogP contribution in [0.4, 0.5) is 5.69 Å². The van der Waals surface area contributed by atoms with E-state index in [1.165, 1.54) is 0 Å². The van der Waals surface area contributed by atoms with Gasteiger partial charge in [0.1, 0.15) is 5.76 Å². The molecule has 2 aromatic rings. The number of hydrogen-bond acceptors (Lipinski definition) is 4. The molecule has 1 aromatic heterocycles. The molecule has 0 saturated heterocycles. The molecular weight excluding hydrogens is 284 g/mol. The molecule has 1 aliphatic rings. The van der Waals surface area contributed by atoms with Crippen molar-refractivity contribution < 1.29 is 9.32 Å². The number of benzene rings is 1. The predicted octanol–water partition coefficient (Wildman–Crippen LogP) is 3.77. The zero-order valence-electron chi connectivity index (χ0n) is 12.2. The van der Waals surface area contributed by atoms with Gasteiger partial charge in [-0.15, -0.1) is 11.8 Å². The number of aromatic nitrogens is 1. The summed E-state index contributed by atoms with van der Waals surface area (Å²) in [5.41, 5.74) is 2.20. The van der Waals surface area contributed by atoms with Crippen LogP contribution in [-0.2, 0) is 12.8 Å². The molecule has 4 nitrogen and oxygen atoms in total. The van der Waals surface area contributed by atoms with Crippen LogP contribution in [-0.4, -0.2) is 17.3 Å². The van der Waals surface area contributed by atoms with Gasteiger partial charge in [-0.05, 0) is 43.2 Å². The highest BCUT2D eigenvalue weighted by Gasteiger charge is 2.26. The van der Waals surface area contributed by atoms with Crippen molar-refractivity contribution in [1.29, 1.82) is 0 Å². The largest absolute Gasteiger partial charge is 0.360 e. The van der Waals surface area contributed by atoms with Gasteiger partial charge >= 0.3 is 0 Å². The van der Waals surface area contributed by atoms with Gasteiger partial charge in [-0.2, -0.15) is 0 Å². The Bertz CT molecular complexity index is 666. The van der Waals surface area contributed by atoms with E-state index in [2.05, 4.69) is 17.4 Å². The minimum atomic E-state index is -0.188. The van der Waals surface area contributed by atoms with Crippen LogP contribution in [0.2, 0.25) is 0 Å². The number of hydrogen-bond donors (Lipinski definition) is 1. The molecule has 0 radical (unpaired) electrons. The molecule has 0 bridgehead atoms. The fourth-order valence-corrected chi connectivity index (χ4v) is 3.11. The number of carbonyl (C=O) groups is 1. The number of rotatable bonds is 3. The molecule has 0 fully saturated rings. The SMILES string of the molecule is CSc1cccc(NC(=O)c2noc3c2C[C@@H](C)CC3)c1. The second-order valence-corrected chi connectivity index (χ2v) is 6.35. The minimum absolute atomic E-state index is 0.188. The van der Waals surface area contributed by atoms with E-state index in [1.54, 1.807) is 11.8 Å². The molecule has 110 valence electrons. The van der Waals surface area contributed by atoms with E-state index in [4.69, 9.17) is 4.52 Å². The fraction of sp³-hybridized carbons (Fsp3) is 0.375. The molecular formula is C16H18N2O2S. The first kappa shape index (κ1) is 14.2. The Morgan fingerprint density at radius 3 is 3.14 bits per heavy atom. The van der Waals surface area contributed by atoms with E-state index < -0.39 is 0 Å². The molecule has 0 saturated carbocycles. The quantitative estimate of drug-likeness (QED) is 0.877. The minimum Gasteiger partial charge on any atom is -0.360 e. The molecule has 1 amide bonds. The van der Waals surface area contributed by atoms with Crippen LogP contribution in [0.3, 0.4) is 0 Å². The van der Waals surface area contributed by atoms with Crippen LogP contribution in [0.15, 0.2) is 33.7 Å². The Balaban J connectivity index is 1.81. The monoisotopic (exact) mass is 302 g/mol. The normalized spacial score (nSPS) is 17.3. The van der Waals surface area contributed by atoms with Crippen LogP contribution in [0.25, 0.3) is 0 Å². The third-order valence-corrected chi connectivity index (χ3v) is 4.55. The standard InChI is InChI=1S/C16H18N2O2S/c1-10-6-7-14-13(8-10)15(18-20-14)16(19)17-11-4-3-5-12(9-11)21-2/h3-5,9-10H,6-8H2,1-2H3,(H,17,19)/t10-/m0/s1. The molecule has 1 N–H and O–H groups in total. The second-order valence-electron chi connectivity index (χ2n) is 5.47. The maximum Gasteiger partial charge on any atom is 0.278 e. The lowest BCUT2D eigenvalue weighted by Crippen LogP contribution is -2.17. The van der Waals surface area contributed by atoms with E-state index >= 15 is 0 Å². The molecule has 0 aliphatic heterocycles. The highest BCUT2D eigenvalue weighted by atomic mass is 32.2. The van der Waals surface area contributed by atoms with Crippen LogP contribution >= 0.6 is 11.8 Å². The molecule has 5 heteroatoms. The lowest BCUT2D eigenvalue weighted by atomic mass is 9.88. The van der Waals surface area contributed by atoms with Gasteiger partial charge in [0, 0.05) is 22.6 Å². The van der Waals surface area contributed by atoms with Gasteiger partial charge in [0.05, 0.1) is 0 Å². The summed E-state index contributed by atoms with van der Waals surface area (Å²) in [5.74, 6) is 1.26. The Kier molecular flexibility index (Phi) is 4.01. The fourth-order valence-electron chi connectivity index (χ4n) is 2.65. The summed E-state index contributed by atoms with van der Waals surface area (Å²) in [6.45, 7) is 2.19. The van der Waals surface area contributed by atoms with Gasteiger partial charge in [0.25, 0.3) is 5.91 Å².